The standard InChI is InChI=1S/C16H32N2O2/c1-13(2)17-10-15-6-7-16(20-15)11-18(3)8-9-19-12-14-4-5-14/h13-17H,4-12H2,1-3H3. The Morgan fingerprint density at radius 2 is 1.95 bits per heavy atom. The fourth-order valence-corrected chi connectivity index (χ4v) is 2.63. The zero-order valence-corrected chi connectivity index (χ0v) is 13.4. The summed E-state index contributed by atoms with van der Waals surface area (Å²) in [6, 6.07) is 0.545. The topological polar surface area (TPSA) is 33.7 Å². The van der Waals surface area contributed by atoms with Crippen molar-refractivity contribution in [2.45, 2.75) is 57.8 Å². The fraction of sp³-hybridized carbons (Fsp3) is 1.00. The van der Waals surface area contributed by atoms with E-state index in [-0.39, 0.29) is 0 Å². The van der Waals surface area contributed by atoms with Crippen molar-refractivity contribution in [2.75, 3.05) is 39.9 Å². The van der Waals surface area contributed by atoms with E-state index in [2.05, 4.69) is 31.1 Å². The van der Waals surface area contributed by atoms with Gasteiger partial charge in [-0.05, 0) is 38.6 Å². The van der Waals surface area contributed by atoms with Gasteiger partial charge in [0.25, 0.3) is 0 Å². The molecular weight excluding hydrogens is 252 g/mol. The van der Waals surface area contributed by atoms with Crippen molar-refractivity contribution in [1.29, 1.82) is 0 Å². The molecule has 20 heavy (non-hydrogen) atoms. The molecule has 1 aliphatic carbocycles. The van der Waals surface area contributed by atoms with Crippen molar-refractivity contribution >= 4 is 0 Å². The van der Waals surface area contributed by atoms with Crippen molar-refractivity contribution in [3.63, 3.8) is 0 Å². The molecule has 2 fully saturated rings. The lowest BCUT2D eigenvalue weighted by Crippen LogP contribution is -2.35. The van der Waals surface area contributed by atoms with Crippen LogP contribution in [0.1, 0.15) is 39.5 Å². The Kier molecular flexibility index (Phi) is 6.75. The Balaban J connectivity index is 1.49. The Bertz CT molecular complexity index is 269. The van der Waals surface area contributed by atoms with E-state index in [1.807, 2.05) is 0 Å². The number of rotatable bonds is 10. The van der Waals surface area contributed by atoms with Crippen molar-refractivity contribution < 1.29 is 9.47 Å². The van der Waals surface area contributed by atoms with Gasteiger partial charge in [-0.15, -0.1) is 0 Å². The highest BCUT2D eigenvalue weighted by Gasteiger charge is 2.26. The van der Waals surface area contributed by atoms with Gasteiger partial charge in [0, 0.05) is 32.3 Å². The van der Waals surface area contributed by atoms with E-state index < -0.39 is 0 Å². The van der Waals surface area contributed by atoms with E-state index >= 15 is 0 Å². The summed E-state index contributed by atoms with van der Waals surface area (Å²) in [5.74, 6) is 0.868. The third-order valence-electron chi connectivity index (χ3n) is 4.13. The number of likely N-dealkylation sites (N-methyl/N-ethyl adjacent to an activating group) is 1. The van der Waals surface area contributed by atoms with Crippen molar-refractivity contribution in [2.24, 2.45) is 5.92 Å². The summed E-state index contributed by atoms with van der Waals surface area (Å²) < 4.78 is 11.8. The Labute approximate surface area is 124 Å². The van der Waals surface area contributed by atoms with E-state index in [1.54, 1.807) is 0 Å². The van der Waals surface area contributed by atoms with Crippen LogP contribution in [0.5, 0.6) is 0 Å². The molecular formula is C16H32N2O2. The van der Waals surface area contributed by atoms with E-state index in [0.29, 0.717) is 18.2 Å². The Morgan fingerprint density at radius 1 is 1.20 bits per heavy atom. The molecule has 0 amide bonds. The summed E-state index contributed by atoms with van der Waals surface area (Å²) in [6.07, 6.45) is 5.94. The van der Waals surface area contributed by atoms with E-state index in [9.17, 15) is 0 Å². The molecule has 1 heterocycles. The van der Waals surface area contributed by atoms with Crippen LogP contribution in [0.2, 0.25) is 0 Å². The summed E-state index contributed by atoms with van der Waals surface area (Å²) in [7, 11) is 2.17. The first-order valence-electron chi connectivity index (χ1n) is 8.28. The first-order chi connectivity index (χ1) is 9.63. The van der Waals surface area contributed by atoms with Crippen LogP contribution in [0.4, 0.5) is 0 Å². The number of hydrogen-bond donors (Lipinski definition) is 1. The van der Waals surface area contributed by atoms with Crippen molar-refractivity contribution in [3.05, 3.63) is 0 Å². The number of nitrogens with one attached hydrogen (secondary N) is 1. The molecule has 2 atom stereocenters. The SMILES string of the molecule is CC(C)NCC1CCC(CN(C)CCOCC2CC2)O1. The minimum Gasteiger partial charge on any atom is -0.380 e. The van der Waals surface area contributed by atoms with Crippen LogP contribution >= 0.6 is 0 Å². The third-order valence-corrected chi connectivity index (χ3v) is 4.13. The lowest BCUT2D eigenvalue weighted by Gasteiger charge is -2.21. The highest BCUT2D eigenvalue weighted by atomic mass is 16.5. The van der Waals surface area contributed by atoms with Gasteiger partial charge < -0.3 is 19.7 Å². The van der Waals surface area contributed by atoms with Crippen LogP contribution in [0.3, 0.4) is 0 Å². The molecule has 1 saturated carbocycles. The van der Waals surface area contributed by atoms with Gasteiger partial charge >= 0.3 is 0 Å². The van der Waals surface area contributed by atoms with E-state index in [0.717, 1.165) is 38.8 Å². The second kappa shape index (κ2) is 8.32. The second-order valence-corrected chi connectivity index (χ2v) is 6.80. The maximum atomic E-state index is 6.09. The summed E-state index contributed by atoms with van der Waals surface area (Å²) in [6.45, 7) is 9.23. The third kappa shape index (κ3) is 6.53. The zero-order valence-electron chi connectivity index (χ0n) is 13.4. The average molecular weight is 284 g/mol. The Hall–Kier alpha value is -0.160. The molecule has 2 unspecified atom stereocenters. The molecule has 1 N–H and O–H groups in total. The van der Waals surface area contributed by atoms with Crippen LogP contribution in [0, 0.1) is 5.92 Å². The van der Waals surface area contributed by atoms with Gasteiger partial charge in [0.05, 0.1) is 18.8 Å². The molecule has 0 aromatic rings. The molecule has 118 valence electrons. The van der Waals surface area contributed by atoms with Crippen LogP contribution < -0.4 is 5.32 Å². The molecule has 2 aliphatic rings. The fourth-order valence-electron chi connectivity index (χ4n) is 2.63. The first-order valence-corrected chi connectivity index (χ1v) is 8.28. The van der Waals surface area contributed by atoms with Crippen LogP contribution in [0.25, 0.3) is 0 Å². The quantitative estimate of drug-likeness (QED) is 0.621. The zero-order chi connectivity index (χ0) is 14.4. The Morgan fingerprint density at radius 3 is 2.65 bits per heavy atom. The predicted octanol–water partition coefficient (Wildman–Crippen LogP) is 1.89. The highest BCUT2D eigenvalue weighted by Crippen LogP contribution is 2.28. The highest BCUT2D eigenvalue weighted by molar-refractivity contribution is 4.78. The van der Waals surface area contributed by atoms with E-state index in [4.69, 9.17) is 9.47 Å². The first kappa shape index (κ1) is 16.2. The van der Waals surface area contributed by atoms with Crippen molar-refractivity contribution in [3.8, 4) is 0 Å². The second-order valence-electron chi connectivity index (χ2n) is 6.80. The minimum atomic E-state index is 0.405. The van der Waals surface area contributed by atoms with Crippen LogP contribution in [0.15, 0.2) is 0 Å². The molecule has 0 aromatic heterocycles. The number of nitrogens with zero attached hydrogens (tertiary/aromatic N) is 1. The molecule has 2 rings (SSSR count). The van der Waals surface area contributed by atoms with Gasteiger partial charge in [-0.2, -0.15) is 0 Å². The molecule has 0 spiro atoms. The van der Waals surface area contributed by atoms with Gasteiger partial charge in [-0.3, -0.25) is 0 Å². The van der Waals surface area contributed by atoms with Gasteiger partial charge in [-0.1, -0.05) is 13.8 Å². The van der Waals surface area contributed by atoms with Crippen molar-refractivity contribution in [1.82, 2.24) is 10.2 Å². The molecule has 4 nitrogen and oxygen atoms in total. The van der Waals surface area contributed by atoms with Gasteiger partial charge in [-0.25, -0.2) is 0 Å². The van der Waals surface area contributed by atoms with E-state index in [1.165, 1.54) is 25.7 Å². The minimum absolute atomic E-state index is 0.405. The molecule has 1 saturated heterocycles. The molecule has 0 aromatic carbocycles. The monoisotopic (exact) mass is 284 g/mol. The molecule has 4 heteroatoms. The lowest BCUT2D eigenvalue weighted by molar-refractivity contribution is 0.0207. The number of ether oxygens (including phenoxy) is 2. The number of hydrogen-bond acceptors (Lipinski definition) is 4. The smallest absolute Gasteiger partial charge is 0.0707 e. The maximum Gasteiger partial charge on any atom is 0.0707 e. The van der Waals surface area contributed by atoms with Gasteiger partial charge in [0.15, 0.2) is 0 Å². The van der Waals surface area contributed by atoms with Gasteiger partial charge in [0.1, 0.15) is 0 Å². The predicted molar refractivity (Wildman–Crippen MR) is 82.1 cm³/mol. The summed E-state index contributed by atoms with van der Waals surface area (Å²) in [5.41, 5.74) is 0. The van der Waals surface area contributed by atoms with Crippen LogP contribution in [-0.2, 0) is 9.47 Å². The molecule has 1 aliphatic heterocycles. The summed E-state index contributed by atoms with van der Waals surface area (Å²) in [5, 5.41) is 3.46. The average Bonchev–Trinajstić information content (AvgIpc) is 3.12. The normalized spacial score (nSPS) is 26.9. The maximum absolute atomic E-state index is 6.09. The lowest BCUT2D eigenvalue weighted by atomic mass is 10.2. The summed E-state index contributed by atoms with van der Waals surface area (Å²) in [4.78, 5) is 2.34. The van der Waals surface area contributed by atoms with Gasteiger partial charge in [0.2, 0.25) is 0 Å². The van der Waals surface area contributed by atoms with Crippen LogP contribution in [-0.4, -0.2) is 63.0 Å². The summed E-state index contributed by atoms with van der Waals surface area (Å²) >= 11 is 0. The molecule has 0 bridgehead atoms. The largest absolute Gasteiger partial charge is 0.380 e. The molecule has 0 radical (unpaired) electrons.